The fraction of sp³-hybridized carbons (Fsp3) is 1.00. The highest BCUT2D eigenvalue weighted by molar-refractivity contribution is 4.55. The van der Waals surface area contributed by atoms with Crippen molar-refractivity contribution in [1.82, 2.24) is 0 Å². The first-order valence-electron chi connectivity index (χ1n) is 13.6. The molecule has 0 nitrogen and oxygen atoms in total. The van der Waals surface area contributed by atoms with E-state index in [-0.39, 0.29) is 0 Å². The van der Waals surface area contributed by atoms with E-state index in [1.165, 1.54) is 128 Å². The number of hydrogen-bond donors (Lipinski definition) is 0. The molecule has 172 valence electrons. The van der Waals surface area contributed by atoms with E-state index in [0.29, 0.717) is 0 Å². The molecule has 0 aliphatic carbocycles. The maximum absolute atomic E-state index is 2.44. The minimum absolute atomic E-state index is 0.975. The Kier molecular flexibility index (Phi) is 29.1. The largest absolute Gasteiger partial charge is 0.0654 e. The van der Waals surface area contributed by atoms with Gasteiger partial charge in [0.2, 0.25) is 0 Å². The summed E-state index contributed by atoms with van der Waals surface area (Å²) in [6, 6.07) is 0. The first-order chi connectivity index (χ1) is 13.6. The van der Waals surface area contributed by atoms with Crippen LogP contribution in [0.4, 0.5) is 0 Å². The van der Waals surface area contributed by atoms with Crippen molar-refractivity contribution < 1.29 is 0 Å². The van der Waals surface area contributed by atoms with Crippen molar-refractivity contribution in [2.75, 3.05) is 0 Å². The van der Waals surface area contributed by atoms with Gasteiger partial charge in [-0.2, -0.15) is 0 Å². The van der Waals surface area contributed by atoms with Gasteiger partial charge in [0.05, 0.1) is 0 Å². The van der Waals surface area contributed by atoms with Gasteiger partial charge in [0.15, 0.2) is 0 Å². The summed E-state index contributed by atoms with van der Waals surface area (Å²) in [4.78, 5) is 0. The maximum Gasteiger partial charge on any atom is -0.0443 e. The van der Waals surface area contributed by atoms with Crippen molar-refractivity contribution in [2.45, 2.75) is 170 Å². The zero-order chi connectivity index (χ0) is 21.3. The number of unbranched alkanes of at least 4 members (excludes halogenated alkanes) is 12. The van der Waals surface area contributed by atoms with Gasteiger partial charge >= 0.3 is 0 Å². The Morgan fingerprint density at radius 2 is 0.536 bits per heavy atom. The van der Waals surface area contributed by atoms with Gasteiger partial charge in [0.1, 0.15) is 0 Å². The van der Waals surface area contributed by atoms with Crippen molar-refractivity contribution in [3.8, 4) is 0 Å². The molecule has 0 aromatic heterocycles. The highest BCUT2D eigenvalue weighted by atomic mass is 14.1. The highest BCUT2D eigenvalue weighted by Crippen LogP contribution is 2.18. The summed E-state index contributed by atoms with van der Waals surface area (Å²) in [7, 11) is 0. The fourth-order valence-electron chi connectivity index (χ4n) is 3.97. The normalized spacial score (nSPS) is 11.1. The summed E-state index contributed by atoms with van der Waals surface area (Å²) in [5.41, 5.74) is 0. The van der Waals surface area contributed by atoms with Crippen molar-refractivity contribution >= 4 is 0 Å². The molecule has 0 atom stereocenters. The predicted molar refractivity (Wildman–Crippen MR) is 133 cm³/mol. The van der Waals surface area contributed by atoms with E-state index in [2.05, 4.69) is 41.5 Å². The molecule has 0 heteroatoms. The van der Waals surface area contributed by atoms with Crippen LogP contribution in [0.2, 0.25) is 0 Å². The standard InChI is InChI=1S/C16H34.C12H26/c1-4-6-8-10-12-14-16(3)15-13-11-9-7-5-2;1-4-6-8-10-12(3)11-9-7-5-2/h16H,4-15H2,1-3H3;12H,4-11H2,1-3H3. The molecular weight excluding hydrogens is 336 g/mol. The molecule has 0 aliphatic rings. The smallest absolute Gasteiger partial charge is 0.0443 e. The Morgan fingerprint density at radius 3 is 0.821 bits per heavy atom. The SMILES string of the molecule is CCCCCC(C)CCCCC.CCCCCCCC(C)CCCCCCC. The van der Waals surface area contributed by atoms with Gasteiger partial charge in [-0.15, -0.1) is 0 Å². The molecule has 0 spiro atoms. The molecule has 0 rings (SSSR count). The Labute approximate surface area is 182 Å². The van der Waals surface area contributed by atoms with E-state index in [4.69, 9.17) is 0 Å². The Morgan fingerprint density at radius 1 is 0.321 bits per heavy atom. The van der Waals surface area contributed by atoms with Crippen LogP contribution in [0.3, 0.4) is 0 Å². The van der Waals surface area contributed by atoms with Crippen molar-refractivity contribution in [1.29, 1.82) is 0 Å². The minimum Gasteiger partial charge on any atom is -0.0654 e. The second-order valence-corrected chi connectivity index (χ2v) is 9.61. The van der Waals surface area contributed by atoms with Crippen LogP contribution < -0.4 is 0 Å². The maximum atomic E-state index is 2.44. The van der Waals surface area contributed by atoms with Crippen LogP contribution in [0.15, 0.2) is 0 Å². The monoisotopic (exact) mass is 396 g/mol. The molecule has 0 amide bonds. The average Bonchev–Trinajstić information content (AvgIpc) is 2.68. The van der Waals surface area contributed by atoms with Gasteiger partial charge in [-0.05, 0) is 11.8 Å². The van der Waals surface area contributed by atoms with Gasteiger partial charge in [-0.25, -0.2) is 0 Å². The summed E-state index contributed by atoms with van der Waals surface area (Å²) in [6.45, 7) is 14.0. The second kappa shape index (κ2) is 27.0. The molecule has 0 fully saturated rings. The van der Waals surface area contributed by atoms with Gasteiger partial charge in [0, 0.05) is 0 Å². The summed E-state index contributed by atoms with van der Waals surface area (Å²) in [5, 5.41) is 0. The fourth-order valence-corrected chi connectivity index (χ4v) is 3.97. The van der Waals surface area contributed by atoms with Crippen LogP contribution in [-0.2, 0) is 0 Å². The van der Waals surface area contributed by atoms with Crippen LogP contribution in [0.5, 0.6) is 0 Å². The lowest BCUT2D eigenvalue weighted by Crippen LogP contribution is -1.95. The van der Waals surface area contributed by atoms with Gasteiger partial charge in [0.25, 0.3) is 0 Å². The predicted octanol–water partition coefficient (Wildman–Crippen LogP) is 11.1. The lowest BCUT2D eigenvalue weighted by molar-refractivity contribution is 0.433. The van der Waals surface area contributed by atoms with Crippen LogP contribution in [-0.4, -0.2) is 0 Å². The molecule has 0 bridgehead atoms. The first-order valence-corrected chi connectivity index (χ1v) is 13.6. The van der Waals surface area contributed by atoms with Crippen LogP contribution in [0.25, 0.3) is 0 Å². The molecule has 28 heavy (non-hydrogen) atoms. The zero-order valence-corrected chi connectivity index (χ0v) is 21.3. The van der Waals surface area contributed by atoms with Crippen LogP contribution >= 0.6 is 0 Å². The van der Waals surface area contributed by atoms with Crippen LogP contribution in [0, 0.1) is 11.8 Å². The van der Waals surface area contributed by atoms with Gasteiger partial charge in [-0.3, -0.25) is 0 Å². The Bertz CT molecular complexity index is 220. The molecule has 0 aromatic carbocycles. The van der Waals surface area contributed by atoms with E-state index < -0.39 is 0 Å². The van der Waals surface area contributed by atoms with Gasteiger partial charge in [-0.1, -0.05) is 170 Å². The summed E-state index contributed by atoms with van der Waals surface area (Å²) < 4.78 is 0. The quantitative estimate of drug-likeness (QED) is 0.179. The third kappa shape index (κ3) is 28.2. The van der Waals surface area contributed by atoms with E-state index in [0.717, 1.165) is 11.8 Å². The topological polar surface area (TPSA) is 0 Å². The second-order valence-electron chi connectivity index (χ2n) is 9.61. The molecule has 0 aliphatic heterocycles. The molecular formula is C28H60. The molecule has 0 unspecified atom stereocenters. The summed E-state index contributed by atoms with van der Waals surface area (Å²) in [6.07, 6.45) is 28.7. The third-order valence-electron chi connectivity index (χ3n) is 6.20. The van der Waals surface area contributed by atoms with E-state index in [1.807, 2.05) is 0 Å². The third-order valence-corrected chi connectivity index (χ3v) is 6.20. The van der Waals surface area contributed by atoms with Crippen molar-refractivity contribution in [3.05, 3.63) is 0 Å². The van der Waals surface area contributed by atoms with Gasteiger partial charge < -0.3 is 0 Å². The number of rotatable bonds is 20. The molecule has 0 heterocycles. The lowest BCUT2D eigenvalue weighted by Gasteiger charge is -2.10. The molecule has 0 radical (unpaired) electrons. The lowest BCUT2D eigenvalue weighted by atomic mass is 9.96. The summed E-state index contributed by atoms with van der Waals surface area (Å²) >= 11 is 0. The minimum atomic E-state index is 0.975. The zero-order valence-electron chi connectivity index (χ0n) is 21.3. The first kappa shape index (κ1) is 30.2. The molecule has 0 N–H and O–H groups in total. The average molecular weight is 397 g/mol. The van der Waals surface area contributed by atoms with E-state index in [9.17, 15) is 0 Å². The van der Waals surface area contributed by atoms with Crippen molar-refractivity contribution in [2.24, 2.45) is 11.8 Å². The van der Waals surface area contributed by atoms with Crippen LogP contribution in [0.1, 0.15) is 170 Å². The molecule has 0 saturated carbocycles. The number of hydrogen-bond acceptors (Lipinski definition) is 0. The molecule has 0 saturated heterocycles. The van der Waals surface area contributed by atoms with E-state index in [1.54, 1.807) is 0 Å². The highest BCUT2D eigenvalue weighted by Gasteiger charge is 2.02. The van der Waals surface area contributed by atoms with E-state index >= 15 is 0 Å². The Balaban J connectivity index is 0. The summed E-state index contributed by atoms with van der Waals surface area (Å²) in [5.74, 6) is 1.95. The molecule has 0 aromatic rings. The Hall–Kier alpha value is 0. The van der Waals surface area contributed by atoms with Crippen molar-refractivity contribution in [3.63, 3.8) is 0 Å².